The van der Waals surface area contributed by atoms with E-state index in [2.05, 4.69) is 19.7 Å². The summed E-state index contributed by atoms with van der Waals surface area (Å²) in [5.41, 5.74) is 2.08. The molecule has 144 valence electrons. The summed E-state index contributed by atoms with van der Waals surface area (Å²) < 4.78 is 10.4. The fraction of sp³-hybridized carbons (Fsp3) is 0.0909. The van der Waals surface area contributed by atoms with Crippen LogP contribution in [0.1, 0.15) is 10.5 Å². The highest BCUT2D eigenvalue weighted by atomic mass is 16.5. The number of hydrogen-bond donors (Lipinski definition) is 0. The third-order valence-corrected chi connectivity index (χ3v) is 4.43. The smallest absolute Gasteiger partial charge is 0.356 e. The molecule has 0 spiro atoms. The van der Waals surface area contributed by atoms with Crippen molar-refractivity contribution < 1.29 is 14.3 Å². The molecule has 0 N–H and O–H groups in total. The average molecular weight is 386 g/mol. The average Bonchev–Trinajstić information content (AvgIpc) is 2.78. The van der Waals surface area contributed by atoms with E-state index in [-0.39, 0.29) is 5.69 Å². The van der Waals surface area contributed by atoms with E-state index >= 15 is 0 Å². The van der Waals surface area contributed by atoms with Gasteiger partial charge in [-0.2, -0.15) is 0 Å². The summed E-state index contributed by atoms with van der Waals surface area (Å²) in [6.07, 6.45) is 3.05. The molecule has 0 amide bonds. The predicted molar refractivity (Wildman–Crippen MR) is 110 cm³/mol. The van der Waals surface area contributed by atoms with Gasteiger partial charge < -0.3 is 14.4 Å². The van der Waals surface area contributed by atoms with Crippen molar-refractivity contribution in [1.82, 2.24) is 15.0 Å². The first-order valence-electron chi connectivity index (χ1n) is 8.91. The second-order valence-electron chi connectivity index (χ2n) is 6.24. The van der Waals surface area contributed by atoms with Crippen molar-refractivity contribution >= 4 is 28.4 Å². The quantitative estimate of drug-likeness (QED) is 0.471. The summed E-state index contributed by atoms with van der Waals surface area (Å²) >= 11 is 0. The van der Waals surface area contributed by atoms with Crippen LogP contribution in [0.15, 0.2) is 73.2 Å². The number of esters is 1. The third-order valence-electron chi connectivity index (χ3n) is 4.43. The molecule has 2 heterocycles. The first-order valence-corrected chi connectivity index (χ1v) is 8.91. The Bertz CT molecular complexity index is 1140. The van der Waals surface area contributed by atoms with Crippen LogP contribution in [0.4, 0.5) is 11.5 Å². The molecule has 0 radical (unpaired) electrons. The molecule has 0 bridgehead atoms. The molecule has 0 aliphatic rings. The molecule has 29 heavy (non-hydrogen) atoms. The minimum absolute atomic E-state index is 0.230. The number of pyridine rings is 1. The fourth-order valence-electron chi connectivity index (χ4n) is 2.92. The second-order valence-corrected chi connectivity index (χ2v) is 6.24. The van der Waals surface area contributed by atoms with Crippen molar-refractivity contribution in [1.29, 1.82) is 0 Å². The molecule has 0 aliphatic heterocycles. The van der Waals surface area contributed by atoms with Crippen molar-refractivity contribution in [3.63, 3.8) is 0 Å². The van der Waals surface area contributed by atoms with E-state index in [0.717, 1.165) is 22.4 Å². The van der Waals surface area contributed by atoms with Gasteiger partial charge in [-0.15, -0.1) is 0 Å². The number of rotatable bonds is 5. The maximum absolute atomic E-state index is 11.4. The highest BCUT2D eigenvalue weighted by Crippen LogP contribution is 2.30. The maximum atomic E-state index is 11.4. The molecule has 0 saturated carbocycles. The van der Waals surface area contributed by atoms with Crippen LogP contribution in [0.2, 0.25) is 0 Å². The normalized spacial score (nSPS) is 10.6. The number of para-hydroxylation sites is 1. The fourth-order valence-corrected chi connectivity index (χ4v) is 2.92. The van der Waals surface area contributed by atoms with Crippen LogP contribution in [0.5, 0.6) is 11.5 Å². The maximum Gasteiger partial charge on any atom is 0.356 e. The Kier molecular flexibility index (Phi) is 5.03. The van der Waals surface area contributed by atoms with E-state index in [1.54, 1.807) is 18.5 Å². The van der Waals surface area contributed by atoms with Crippen LogP contribution < -0.4 is 9.64 Å². The van der Waals surface area contributed by atoms with Gasteiger partial charge in [-0.25, -0.2) is 19.7 Å². The zero-order valence-electron chi connectivity index (χ0n) is 15.9. The number of anilines is 2. The van der Waals surface area contributed by atoms with Crippen molar-refractivity contribution in [2.75, 3.05) is 19.1 Å². The Balaban J connectivity index is 1.52. The van der Waals surface area contributed by atoms with Gasteiger partial charge in [-0.05, 0) is 48.5 Å². The molecule has 2 aromatic heterocycles. The van der Waals surface area contributed by atoms with Gasteiger partial charge in [0.15, 0.2) is 0 Å². The first kappa shape index (κ1) is 18.4. The number of methoxy groups -OCH3 is 1. The van der Waals surface area contributed by atoms with Crippen LogP contribution in [0, 0.1) is 0 Å². The minimum atomic E-state index is -0.485. The number of nitrogens with zero attached hydrogens (tertiary/aromatic N) is 4. The number of hydrogen-bond acceptors (Lipinski definition) is 7. The van der Waals surface area contributed by atoms with E-state index in [1.807, 2.05) is 60.5 Å². The van der Waals surface area contributed by atoms with Crippen molar-refractivity contribution in [2.24, 2.45) is 0 Å². The van der Waals surface area contributed by atoms with Gasteiger partial charge >= 0.3 is 5.97 Å². The molecule has 0 fully saturated rings. The number of carbonyl (C=O) groups excluding carboxylic acids is 1. The van der Waals surface area contributed by atoms with Crippen molar-refractivity contribution in [3.05, 3.63) is 78.9 Å². The van der Waals surface area contributed by atoms with Gasteiger partial charge in [0.05, 0.1) is 18.8 Å². The van der Waals surface area contributed by atoms with Crippen molar-refractivity contribution in [3.8, 4) is 11.5 Å². The van der Waals surface area contributed by atoms with Gasteiger partial charge in [0.1, 0.15) is 29.3 Å². The van der Waals surface area contributed by atoms with Crippen LogP contribution in [-0.2, 0) is 4.74 Å². The number of carbonyl (C=O) groups is 1. The lowest BCUT2D eigenvalue weighted by molar-refractivity contribution is 0.0594. The van der Waals surface area contributed by atoms with Crippen molar-refractivity contribution in [2.45, 2.75) is 0 Å². The second kappa shape index (κ2) is 7.93. The Morgan fingerprint density at radius 3 is 2.38 bits per heavy atom. The van der Waals surface area contributed by atoms with E-state index in [1.165, 1.54) is 13.3 Å². The van der Waals surface area contributed by atoms with E-state index in [9.17, 15) is 4.79 Å². The van der Waals surface area contributed by atoms with Gasteiger partial charge in [0.2, 0.25) is 0 Å². The van der Waals surface area contributed by atoms with Gasteiger partial charge in [0.25, 0.3) is 0 Å². The monoisotopic (exact) mass is 386 g/mol. The highest BCUT2D eigenvalue weighted by molar-refractivity contribution is 5.91. The Morgan fingerprint density at radius 1 is 0.897 bits per heavy atom. The molecule has 0 saturated heterocycles. The zero-order valence-corrected chi connectivity index (χ0v) is 15.9. The van der Waals surface area contributed by atoms with E-state index in [4.69, 9.17) is 4.74 Å². The largest absolute Gasteiger partial charge is 0.464 e. The standard InChI is InChI=1S/C22H18N4O3/c1-26(21-18-5-3-4-6-19(18)24-14-25-21)15-7-9-16(10-8-15)29-17-11-12-20(23-13-17)22(27)28-2/h3-14H,1-2H3. The van der Waals surface area contributed by atoms with Gasteiger partial charge in [-0.3, -0.25) is 0 Å². The third kappa shape index (κ3) is 3.84. The molecular formula is C22H18N4O3. The van der Waals surface area contributed by atoms with Crippen LogP contribution in [0.3, 0.4) is 0 Å². The topological polar surface area (TPSA) is 77.4 Å². The summed E-state index contributed by atoms with van der Waals surface area (Å²) in [5.74, 6) is 1.52. The molecule has 4 rings (SSSR count). The van der Waals surface area contributed by atoms with E-state index in [0.29, 0.717) is 11.5 Å². The first-order chi connectivity index (χ1) is 14.2. The van der Waals surface area contributed by atoms with Gasteiger partial charge in [0, 0.05) is 18.1 Å². The molecule has 2 aromatic carbocycles. The lowest BCUT2D eigenvalue weighted by Gasteiger charge is -2.20. The molecule has 7 nitrogen and oxygen atoms in total. The molecule has 0 atom stereocenters. The number of ether oxygens (including phenoxy) is 2. The molecular weight excluding hydrogens is 368 g/mol. The van der Waals surface area contributed by atoms with Crippen LogP contribution >= 0.6 is 0 Å². The lowest BCUT2D eigenvalue weighted by Crippen LogP contribution is -2.11. The van der Waals surface area contributed by atoms with Crippen LogP contribution in [-0.4, -0.2) is 35.1 Å². The summed E-state index contributed by atoms with van der Waals surface area (Å²) in [4.78, 5) is 26.2. The number of benzene rings is 2. The Hall–Kier alpha value is -4.00. The summed E-state index contributed by atoms with van der Waals surface area (Å²) in [6.45, 7) is 0. The summed E-state index contributed by atoms with van der Waals surface area (Å²) in [5, 5.41) is 0.981. The Morgan fingerprint density at radius 2 is 1.66 bits per heavy atom. The van der Waals surface area contributed by atoms with E-state index < -0.39 is 5.97 Å². The highest BCUT2D eigenvalue weighted by Gasteiger charge is 2.11. The number of fused-ring (bicyclic) bond motifs is 1. The summed E-state index contributed by atoms with van der Waals surface area (Å²) in [6, 6.07) is 18.7. The Labute approximate surface area is 167 Å². The zero-order chi connectivity index (χ0) is 20.2. The molecule has 0 aliphatic carbocycles. The molecule has 4 aromatic rings. The number of aromatic nitrogens is 3. The molecule has 0 unspecified atom stereocenters. The molecule has 7 heteroatoms. The SMILES string of the molecule is COC(=O)c1ccc(Oc2ccc(N(C)c3ncnc4ccccc34)cc2)cn1. The minimum Gasteiger partial charge on any atom is -0.464 e. The van der Waals surface area contributed by atoms with Gasteiger partial charge in [-0.1, -0.05) is 12.1 Å². The predicted octanol–water partition coefficient (Wildman–Crippen LogP) is 4.37. The lowest BCUT2D eigenvalue weighted by atomic mass is 10.2. The summed E-state index contributed by atoms with van der Waals surface area (Å²) in [7, 11) is 3.28. The van der Waals surface area contributed by atoms with Crippen LogP contribution in [0.25, 0.3) is 10.9 Å².